The molecule has 27 heavy (non-hydrogen) atoms. The number of likely N-dealkylation sites (N-methyl/N-ethyl adjacent to an activating group) is 1. The van der Waals surface area contributed by atoms with Crippen LogP contribution in [-0.4, -0.2) is 88.2 Å². The number of hydrogen-bond acceptors (Lipinski definition) is 5. The summed E-state index contributed by atoms with van der Waals surface area (Å²) in [6.45, 7) is 2.05. The van der Waals surface area contributed by atoms with Crippen LogP contribution in [0.25, 0.3) is 0 Å². The summed E-state index contributed by atoms with van der Waals surface area (Å²) in [7, 11) is 1.89. The number of fused-ring (bicyclic) bond motifs is 1. The molecule has 0 unspecified atom stereocenters. The first-order chi connectivity index (χ1) is 12.7. The van der Waals surface area contributed by atoms with Crippen LogP contribution < -0.4 is 4.90 Å². The number of sulfonamides is 1. The van der Waals surface area contributed by atoms with Crippen LogP contribution >= 0.6 is 0 Å². The topological polar surface area (TPSA) is 81.2 Å². The smallest absolute Gasteiger partial charge is 0.243 e. The minimum Gasteiger partial charge on any atom is -0.340 e. The molecule has 1 saturated heterocycles. The summed E-state index contributed by atoms with van der Waals surface area (Å²) in [6, 6.07) is 4.84. The molecule has 1 fully saturated rings. The molecule has 0 bridgehead atoms. The van der Waals surface area contributed by atoms with Crippen LogP contribution in [0.15, 0.2) is 23.1 Å². The van der Waals surface area contributed by atoms with E-state index in [1.807, 2.05) is 19.0 Å². The van der Waals surface area contributed by atoms with Gasteiger partial charge in [-0.1, -0.05) is 0 Å². The summed E-state index contributed by atoms with van der Waals surface area (Å²) >= 11 is 0. The van der Waals surface area contributed by atoms with Crippen molar-refractivity contribution in [3.05, 3.63) is 23.8 Å². The van der Waals surface area contributed by atoms with Gasteiger partial charge < -0.3 is 14.7 Å². The van der Waals surface area contributed by atoms with Crippen molar-refractivity contribution >= 4 is 27.5 Å². The number of anilines is 1. The maximum atomic E-state index is 13.0. The Kier molecular flexibility index (Phi) is 5.55. The number of carbonyl (C=O) groups excluding carboxylic acids is 2. The molecule has 1 aromatic rings. The van der Waals surface area contributed by atoms with E-state index in [1.165, 1.54) is 4.31 Å². The van der Waals surface area contributed by atoms with Crippen molar-refractivity contribution in [3.8, 4) is 0 Å². The molecular formula is C18H26N4O4S. The Morgan fingerprint density at radius 2 is 1.81 bits per heavy atom. The molecule has 2 aliphatic heterocycles. The average molecular weight is 394 g/mol. The average Bonchev–Trinajstić information content (AvgIpc) is 2.93. The minimum atomic E-state index is -3.64. The summed E-state index contributed by atoms with van der Waals surface area (Å²) in [5.41, 5.74) is 1.50. The highest BCUT2D eigenvalue weighted by Gasteiger charge is 2.32. The molecule has 2 amide bonds. The Morgan fingerprint density at radius 1 is 1.15 bits per heavy atom. The summed E-state index contributed by atoms with van der Waals surface area (Å²) in [5, 5.41) is 0. The second-order valence-electron chi connectivity index (χ2n) is 7.26. The Hall–Kier alpha value is -1.97. The van der Waals surface area contributed by atoms with Crippen molar-refractivity contribution < 1.29 is 18.0 Å². The van der Waals surface area contributed by atoms with Crippen LogP contribution in [0.2, 0.25) is 0 Å². The zero-order valence-corrected chi connectivity index (χ0v) is 16.8. The quantitative estimate of drug-likeness (QED) is 0.702. The minimum absolute atomic E-state index is 0.0376. The lowest BCUT2D eigenvalue weighted by Crippen LogP contribution is -2.50. The van der Waals surface area contributed by atoms with Gasteiger partial charge in [-0.15, -0.1) is 0 Å². The zero-order valence-electron chi connectivity index (χ0n) is 16.0. The first kappa shape index (κ1) is 19.8. The molecule has 0 atom stereocenters. The fourth-order valence-corrected chi connectivity index (χ4v) is 4.88. The highest BCUT2D eigenvalue weighted by molar-refractivity contribution is 7.89. The molecule has 0 saturated carbocycles. The Morgan fingerprint density at radius 3 is 2.44 bits per heavy atom. The molecule has 0 aromatic heterocycles. The first-order valence-corrected chi connectivity index (χ1v) is 10.5. The fourth-order valence-electron chi connectivity index (χ4n) is 3.41. The predicted molar refractivity (Wildman–Crippen MR) is 102 cm³/mol. The standard InChI is InChI=1S/C18H26N4O4S/c1-19(2)7-6-17(23)21-8-10-22(11-9-21)27(25,26)15-4-5-16-14(12-15)13-18(24)20(16)3/h4-5,12H,6-11,13H2,1-3H3. The van der Waals surface area contributed by atoms with E-state index in [1.54, 1.807) is 35.0 Å². The van der Waals surface area contributed by atoms with E-state index in [9.17, 15) is 18.0 Å². The number of piperazine rings is 1. The van der Waals surface area contributed by atoms with E-state index in [4.69, 9.17) is 0 Å². The molecule has 0 radical (unpaired) electrons. The van der Waals surface area contributed by atoms with Gasteiger partial charge in [0.1, 0.15) is 0 Å². The summed E-state index contributed by atoms with van der Waals surface area (Å²) in [4.78, 5) is 29.5. The van der Waals surface area contributed by atoms with E-state index >= 15 is 0 Å². The van der Waals surface area contributed by atoms with Crippen LogP contribution in [0.4, 0.5) is 5.69 Å². The van der Waals surface area contributed by atoms with E-state index in [2.05, 4.69) is 0 Å². The molecule has 2 aliphatic rings. The SMILES string of the molecule is CN(C)CCC(=O)N1CCN(S(=O)(=O)c2ccc3c(c2)CC(=O)N3C)CC1. The third-order valence-corrected chi connectivity index (χ3v) is 7.02. The Bertz CT molecular complexity index is 845. The summed E-state index contributed by atoms with van der Waals surface area (Å²) < 4.78 is 27.3. The van der Waals surface area contributed by atoms with Crippen molar-refractivity contribution in [2.75, 3.05) is 58.8 Å². The lowest BCUT2D eigenvalue weighted by molar-refractivity contribution is -0.132. The first-order valence-electron chi connectivity index (χ1n) is 9.02. The van der Waals surface area contributed by atoms with E-state index in [0.717, 1.165) is 11.3 Å². The third-order valence-electron chi connectivity index (χ3n) is 5.13. The molecule has 1 aromatic carbocycles. The molecule has 148 valence electrons. The van der Waals surface area contributed by atoms with Crippen LogP contribution in [0.1, 0.15) is 12.0 Å². The maximum Gasteiger partial charge on any atom is 0.243 e. The second-order valence-corrected chi connectivity index (χ2v) is 9.20. The number of hydrogen-bond donors (Lipinski definition) is 0. The van der Waals surface area contributed by atoms with Crippen molar-refractivity contribution in [2.24, 2.45) is 0 Å². The van der Waals surface area contributed by atoms with Crippen LogP contribution in [0, 0.1) is 0 Å². The molecule has 8 nitrogen and oxygen atoms in total. The molecule has 0 aliphatic carbocycles. The highest BCUT2D eigenvalue weighted by atomic mass is 32.2. The number of nitrogens with zero attached hydrogens (tertiary/aromatic N) is 4. The van der Waals surface area contributed by atoms with Gasteiger partial charge in [-0.2, -0.15) is 4.31 Å². The monoisotopic (exact) mass is 394 g/mol. The summed E-state index contributed by atoms with van der Waals surface area (Å²) in [6.07, 6.45) is 0.662. The largest absolute Gasteiger partial charge is 0.340 e. The van der Waals surface area contributed by atoms with E-state index < -0.39 is 10.0 Å². The molecular weight excluding hydrogens is 368 g/mol. The van der Waals surface area contributed by atoms with Crippen molar-refractivity contribution in [1.82, 2.24) is 14.1 Å². The van der Waals surface area contributed by atoms with Crippen molar-refractivity contribution in [3.63, 3.8) is 0 Å². The van der Waals surface area contributed by atoms with Gasteiger partial charge in [0.25, 0.3) is 0 Å². The lowest BCUT2D eigenvalue weighted by Gasteiger charge is -2.34. The number of carbonyl (C=O) groups is 2. The second kappa shape index (κ2) is 7.57. The van der Waals surface area contributed by atoms with Gasteiger partial charge in [-0.3, -0.25) is 9.59 Å². The van der Waals surface area contributed by atoms with Gasteiger partial charge in [0.2, 0.25) is 21.8 Å². The Balaban J connectivity index is 1.67. The van der Waals surface area contributed by atoms with Crippen molar-refractivity contribution in [2.45, 2.75) is 17.7 Å². The number of benzene rings is 1. The van der Waals surface area contributed by atoms with Crippen LogP contribution in [0.5, 0.6) is 0 Å². The van der Waals surface area contributed by atoms with E-state index in [-0.39, 0.29) is 36.2 Å². The van der Waals surface area contributed by atoms with E-state index in [0.29, 0.717) is 26.1 Å². The Labute approximate surface area is 160 Å². The third kappa shape index (κ3) is 3.99. The molecule has 0 N–H and O–H groups in total. The predicted octanol–water partition coefficient (Wildman–Crippen LogP) is -0.00990. The van der Waals surface area contributed by atoms with Gasteiger partial charge in [0, 0.05) is 51.9 Å². The van der Waals surface area contributed by atoms with Gasteiger partial charge >= 0.3 is 0 Å². The molecule has 9 heteroatoms. The van der Waals surface area contributed by atoms with Gasteiger partial charge in [0.05, 0.1) is 11.3 Å². The maximum absolute atomic E-state index is 13.0. The van der Waals surface area contributed by atoms with Crippen molar-refractivity contribution in [1.29, 1.82) is 0 Å². The van der Waals surface area contributed by atoms with Crippen LogP contribution in [0.3, 0.4) is 0 Å². The fraction of sp³-hybridized carbons (Fsp3) is 0.556. The number of rotatable bonds is 5. The van der Waals surface area contributed by atoms with Gasteiger partial charge in [-0.05, 0) is 37.9 Å². The zero-order chi connectivity index (χ0) is 19.8. The molecule has 0 spiro atoms. The van der Waals surface area contributed by atoms with Gasteiger partial charge in [0.15, 0.2) is 0 Å². The highest BCUT2D eigenvalue weighted by Crippen LogP contribution is 2.30. The normalized spacial score (nSPS) is 18.3. The number of amides is 2. The summed E-state index contributed by atoms with van der Waals surface area (Å²) in [5.74, 6) is 0.0178. The van der Waals surface area contributed by atoms with Gasteiger partial charge in [-0.25, -0.2) is 8.42 Å². The van der Waals surface area contributed by atoms with Crippen LogP contribution in [-0.2, 0) is 26.0 Å². The molecule has 2 heterocycles. The molecule has 3 rings (SSSR count). The lowest BCUT2D eigenvalue weighted by atomic mass is 10.2.